The molecule has 0 aliphatic carbocycles. The molecule has 2 aliphatic heterocycles. The fraction of sp³-hybridized carbons (Fsp3) is 0.733. The zero-order valence-corrected chi connectivity index (χ0v) is 14.0. The van der Waals surface area contributed by atoms with Crippen molar-refractivity contribution in [3.05, 3.63) is 0 Å². The summed E-state index contributed by atoms with van der Waals surface area (Å²) in [5, 5.41) is 0. The summed E-state index contributed by atoms with van der Waals surface area (Å²) in [5.74, 6) is -1.94. The third kappa shape index (κ3) is 3.76. The molecule has 23 heavy (non-hydrogen) atoms. The number of hydrogen-bond donors (Lipinski definition) is 1. The zero-order chi connectivity index (χ0) is 17.0. The van der Waals surface area contributed by atoms with E-state index in [1.165, 1.54) is 19.0 Å². The van der Waals surface area contributed by atoms with Crippen molar-refractivity contribution < 1.29 is 24.0 Å². The predicted octanol–water partition coefficient (Wildman–Crippen LogP) is -1.58. The molecule has 2 saturated heterocycles. The second-order valence-corrected chi connectivity index (χ2v) is 5.85. The highest BCUT2D eigenvalue weighted by molar-refractivity contribution is 6.27. The Balaban J connectivity index is 2.05. The van der Waals surface area contributed by atoms with E-state index in [0.29, 0.717) is 18.7 Å². The molecule has 128 valence electrons. The van der Waals surface area contributed by atoms with Crippen molar-refractivity contribution in [3.63, 3.8) is 0 Å². The van der Waals surface area contributed by atoms with Crippen LogP contribution in [0.5, 0.6) is 0 Å². The van der Waals surface area contributed by atoms with E-state index in [0.717, 1.165) is 42.6 Å². The lowest BCUT2D eigenvalue weighted by Crippen LogP contribution is -3.14. The van der Waals surface area contributed by atoms with E-state index in [9.17, 15) is 14.4 Å². The summed E-state index contributed by atoms with van der Waals surface area (Å²) in [6.45, 7) is 6.73. The summed E-state index contributed by atoms with van der Waals surface area (Å²) in [7, 11) is 2.79. The number of urea groups is 1. The van der Waals surface area contributed by atoms with Crippen molar-refractivity contribution in [1.29, 1.82) is 0 Å². The van der Waals surface area contributed by atoms with Gasteiger partial charge in [-0.1, -0.05) is 6.92 Å². The Hall–Kier alpha value is -1.80. The third-order valence-corrected chi connectivity index (χ3v) is 4.40. The van der Waals surface area contributed by atoms with Gasteiger partial charge >= 0.3 is 6.03 Å². The van der Waals surface area contributed by atoms with E-state index in [4.69, 9.17) is 4.74 Å². The number of imide groups is 2. The molecule has 0 spiro atoms. The van der Waals surface area contributed by atoms with Crippen LogP contribution >= 0.6 is 0 Å². The fourth-order valence-electron chi connectivity index (χ4n) is 2.87. The van der Waals surface area contributed by atoms with Crippen LogP contribution in [-0.4, -0.2) is 86.8 Å². The van der Waals surface area contributed by atoms with Gasteiger partial charge in [0, 0.05) is 19.8 Å². The highest BCUT2D eigenvalue weighted by Crippen LogP contribution is 2.18. The summed E-state index contributed by atoms with van der Waals surface area (Å²) >= 11 is 0. The van der Waals surface area contributed by atoms with Crippen LogP contribution in [-0.2, 0) is 14.3 Å². The average molecular weight is 325 g/mol. The quantitative estimate of drug-likeness (QED) is 0.488. The highest BCUT2D eigenvalue weighted by Gasteiger charge is 2.44. The molecule has 2 heterocycles. The number of hydrogen-bond acceptors (Lipinski definition) is 5. The van der Waals surface area contributed by atoms with Gasteiger partial charge in [-0.05, 0) is 6.42 Å². The van der Waals surface area contributed by atoms with Gasteiger partial charge in [-0.3, -0.25) is 24.4 Å². The van der Waals surface area contributed by atoms with Gasteiger partial charge in [-0.2, -0.15) is 0 Å². The van der Waals surface area contributed by atoms with Gasteiger partial charge in [-0.15, -0.1) is 0 Å². The molecule has 0 aromatic carbocycles. The smallest absolute Gasteiger partial charge is 0.332 e. The zero-order valence-electron chi connectivity index (χ0n) is 14.0. The lowest BCUT2D eigenvalue weighted by Gasteiger charge is -2.33. The first-order chi connectivity index (χ1) is 11.0. The Morgan fingerprint density at radius 3 is 2.26 bits per heavy atom. The van der Waals surface area contributed by atoms with Gasteiger partial charge in [0.15, 0.2) is 5.92 Å². The molecule has 0 radical (unpaired) electrons. The fourth-order valence-corrected chi connectivity index (χ4v) is 2.87. The number of nitrogens with one attached hydrogen (secondary N) is 1. The Labute approximate surface area is 136 Å². The SMILES string of the molecule is CCC(=NCC[NH+]1CCOCC1)C1C(=O)N(C)C(=O)N(C)C1=O. The summed E-state index contributed by atoms with van der Waals surface area (Å²) < 4.78 is 5.32. The van der Waals surface area contributed by atoms with E-state index >= 15 is 0 Å². The lowest BCUT2D eigenvalue weighted by atomic mass is 9.96. The van der Waals surface area contributed by atoms with Crippen molar-refractivity contribution in [2.45, 2.75) is 13.3 Å². The molecule has 4 amide bonds. The van der Waals surface area contributed by atoms with Gasteiger partial charge in [0.2, 0.25) is 11.8 Å². The van der Waals surface area contributed by atoms with Crippen LogP contribution in [0.3, 0.4) is 0 Å². The topological polar surface area (TPSA) is 83.7 Å². The number of aliphatic imine (C=N–C) groups is 1. The summed E-state index contributed by atoms with van der Waals surface area (Å²) in [6.07, 6.45) is 0.510. The minimum atomic E-state index is -0.965. The summed E-state index contributed by atoms with van der Waals surface area (Å²) in [6, 6.07) is -0.593. The maximum Gasteiger partial charge on any atom is 0.332 e. The van der Waals surface area contributed by atoms with Crippen molar-refractivity contribution >= 4 is 23.6 Å². The first kappa shape index (κ1) is 17.6. The number of amides is 4. The van der Waals surface area contributed by atoms with Crippen LogP contribution in [0.15, 0.2) is 4.99 Å². The number of quaternary nitrogens is 1. The Kier molecular flexibility index (Phi) is 5.84. The molecule has 0 atom stereocenters. The summed E-state index contributed by atoms with van der Waals surface area (Å²) in [5.41, 5.74) is 0.554. The molecule has 0 saturated carbocycles. The standard InChI is InChI=1S/C15H24N4O4/c1-4-11(16-5-6-19-7-9-23-10-8-19)12-13(20)17(2)15(22)18(3)14(12)21/h12H,4-10H2,1-3H3/p+1. The third-order valence-electron chi connectivity index (χ3n) is 4.40. The first-order valence-electron chi connectivity index (χ1n) is 8.01. The van der Waals surface area contributed by atoms with Gasteiger partial charge in [0.25, 0.3) is 0 Å². The monoisotopic (exact) mass is 325 g/mol. The number of carbonyl (C=O) groups is 3. The van der Waals surface area contributed by atoms with Crippen LogP contribution in [0.25, 0.3) is 0 Å². The van der Waals surface area contributed by atoms with Gasteiger partial charge in [0.05, 0.1) is 26.3 Å². The van der Waals surface area contributed by atoms with E-state index < -0.39 is 23.8 Å². The molecule has 2 fully saturated rings. The van der Waals surface area contributed by atoms with Crippen molar-refractivity contribution in [3.8, 4) is 0 Å². The Bertz CT molecular complexity index is 490. The number of ether oxygens (including phenoxy) is 1. The highest BCUT2D eigenvalue weighted by atomic mass is 16.5. The average Bonchev–Trinajstić information content (AvgIpc) is 2.58. The minimum Gasteiger partial charge on any atom is -0.370 e. The molecule has 2 aliphatic rings. The van der Waals surface area contributed by atoms with Gasteiger partial charge in [0.1, 0.15) is 13.1 Å². The minimum absolute atomic E-state index is 0.489. The molecular formula is C15H25N4O4+. The largest absolute Gasteiger partial charge is 0.370 e. The van der Waals surface area contributed by atoms with E-state index in [2.05, 4.69) is 4.99 Å². The number of carbonyl (C=O) groups excluding carboxylic acids is 3. The van der Waals surface area contributed by atoms with E-state index in [-0.39, 0.29) is 0 Å². The number of barbiturate groups is 1. The predicted molar refractivity (Wildman–Crippen MR) is 83.4 cm³/mol. The molecule has 1 N–H and O–H groups in total. The number of nitrogens with zero attached hydrogens (tertiary/aromatic N) is 3. The maximum atomic E-state index is 12.3. The Morgan fingerprint density at radius 1 is 1.17 bits per heavy atom. The molecular weight excluding hydrogens is 300 g/mol. The second-order valence-electron chi connectivity index (χ2n) is 5.85. The van der Waals surface area contributed by atoms with E-state index in [1.807, 2.05) is 6.92 Å². The molecule has 0 aromatic rings. The lowest BCUT2D eigenvalue weighted by molar-refractivity contribution is -0.906. The number of rotatable bonds is 5. The number of morpholine rings is 1. The van der Waals surface area contributed by atoms with Crippen LogP contribution in [0.4, 0.5) is 4.79 Å². The van der Waals surface area contributed by atoms with Gasteiger partial charge < -0.3 is 9.64 Å². The first-order valence-corrected chi connectivity index (χ1v) is 8.01. The molecule has 0 unspecified atom stereocenters. The Morgan fingerprint density at radius 2 is 1.74 bits per heavy atom. The van der Waals surface area contributed by atoms with Gasteiger partial charge in [-0.25, -0.2) is 4.79 Å². The van der Waals surface area contributed by atoms with E-state index in [1.54, 1.807) is 0 Å². The van der Waals surface area contributed by atoms with Crippen LogP contribution in [0.2, 0.25) is 0 Å². The van der Waals surface area contributed by atoms with Crippen LogP contribution in [0, 0.1) is 5.92 Å². The van der Waals surface area contributed by atoms with Crippen LogP contribution in [0.1, 0.15) is 13.3 Å². The normalized spacial score (nSPS) is 22.2. The second kappa shape index (κ2) is 7.65. The molecule has 8 heteroatoms. The summed E-state index contributed by atoms with van der Waals surface area (Å²) in [4.78, 5) is 44.3. The molecule has 8 nitrogen and oxygen atoms in total. The maximum absolute atomic E-state index is 12.3. The van der Waals surface area contributed by atoms with Crippen molar-refractivity contribution in [2.24, 2.45) is 10.9 Å². The van der Waals surface area contributed by atoms with Crippen molar-refractivity contribution in [1.82, 2.24) is 9.80 Å². The van der Waals surface area contributed by atoms with Crippen molar-refractivity contribution in [2.75, 3.05) is 53.5 Å². The molecule has 2 rings (SSSR count). The molecule has 0 aromatic heterocycles. The molecule has 0 bridgehead atoms. The van der Waals surface area contributed by atoms with Crippen LogP contribution < -0.4 is 4.90 Å².